The average Bonchev–Trinajstić information content (AvgIpc) is 2.38. The van der Waals surface area contributed by atoms with Gasteiger partial charge in [-0.15, -0.1) is 0 Å². The topological polar surface area (TPSA) is 68.0 Å². The van der Waals surface area contributed by atoms with E-state index in [2.05, 4.69) is 4.90 Å². The molecule has 0 radical (unpaired) electrons. The van der Waals surface area contributed by atoms with Crippen LogP contribution < -0.4 is 10.6 Å². The van der Waals surface area contributed by atoms with E-state index in [1.165, 1.54) is 0 Å². The summed E-state index contributed by atoms with van der Waals surface area (Å²) in [6.07, 6.45) is 0. The SMILES string of the molecule is COCCOCCN(CCO)c1ccc(N)cc1. The number of benzene rings is 1. The van der Waals surface area contributed by atoms with Crippen molar-refractivity contribution in [3.8, 4) is 0 Å². The highest BCUT2D eigenvalue weighted by atomic mass is 16.5. The fraction of sp³-hybridized carbons (Fsp3) is 0.538. The van der Waals surface area contributed by atoms with Crippen LogP contribution in [0, 0.1) is 0 Å². The summed E-state index contributed by atoms with van der Waals surface area (Å²) in [4.78, 5) is 2.06. The van der Waals surface area contributed by atoms with Crippen molar-refractivity contribution in [1.29, 1.82) is 0 Å². The lowest BCUT2D eigenvalue weighted by molar-refractivity contribution is 0.0738. The summed E-state index contributed by atoms with van der Waals surface area (Å²) in [5.41, 5.74) is 7.42. The normalized spacial score (nSPS) is 10.6. The molecule has 0 amide bonds. The van der Waals surface area contributed by atoms with E-state index in [-0.39, 0.29) is 6.61 Å². The fourth-order valence-electron chi connectivity index (χ4n) is 1.59. The number of nitrogens with zero attached hydrogens (tertiary/aromatic N) is 1. The second kappa shape index (κ2) is 8.74. The van der Waals surface area contributed by atoms with Crippen LogP contribution in [0.4, 0.5) is 11.4 Å². The molecule has 1 aromatic carbocycles. The monoisotopic (exact) mass is 254 g/mol. The molecule has 102 valence electrons. The zero-order valence-electron chi connectivity index (χ0n) is 10.8. The first-order valence-corrected chi connectivity index (χ1v) is 6.06. The summed E-state index contributed by atoms with van der Waals surface area (Å²) in [5.74, 6) is 0. The van der Waals surface area contributed by atoms with Crippen LogP contribution in [0.5, 0.6) is 0 Å². The third-order valence-electron chi connectivity index (χ3n) is 2.57. The van der Waals surface area contributed by atoms with E-state index in [9.17, 15) is 0 Å². The van der Waals surface area contributed by atoms with Gasteiger partial charge in [-0.3, -0.25) is 0 Å². The molecule has 0 aliphatic rings. The molecule has 0 spiro atoms. The van der Waals surface area contributed by atoms with Crippen LogP contribution in [0.2, 0.25) is 0 Å². The van der Waals surface area contributed by atoms with Crippen molar-refractivity contribution in [2.75, 3.05) is 57.3 Å². The van der Waals surface area contributed by atoms with Crippen LogP contribution in [0.25, 0.3) is 0 Å². The summed E-state index contributed by atoms with van der Waals surface area (Å²) >= 11 is 0. The molecule has 0 fully saturated rings. The van der Waals surface area contributed by atoms with Gasteiger partial charge in [0, 0.05) is 31.6 Å². The van der Waals surface area contributed by atoms with Gasteiger partial charge in [-0.05, 0) is 24.3 Å². The van der Waals surface area contributed by atoms with Gasteiger partial charge in [-0.25, -0.2) is 0 Å². The number of ether oxygens (including phenoxy) is 2. The number of methoxy groups -OCH3 is 1. The van der Waals surface area contributed by atoms with Crippen molar-refractivity contribution in [2.24, 2.45) is 0 Å². The lowest BCUT2D eigenvalue weighted by atomic mass is 10.2. The first-order valence-electron chi connectivity index (χ1n) is 6.06. The molecular formula is C13H22N2O3. The van der Waals surface area contributed by atoms with Crippen LogP contribution in [0.3, 0.4) is 0 Å². The second-order valence-electron chi connectivity index (χ2n) is 3.91. The quantitative estimate of drug-likeness (QED) is 0.502. The van der Waals surface area contributed by atoms with Crippen molar-refractivity contribution in [3.63, 3.8) is 0 Å². The summed E-state index contributed by atoms with van der Waals surface area (Å²) in [6.45, 7) is 3.22. The van der Waals surface area contributed by atoms with Crippen molar-refractivity contribution < 1.29 is 14.6 Å². The Balaban J connectivity index is 2.41. The first kappa shape index (κ1) is 14.8. The zero-order valence-corrected chi connectivity index (χ0v) is 10.8. The smallest absolute Gasteiger partial charge is 0.0701 e. The minimum atomic E-state index is 0.114. The van der Waals surface area contributed by atoms with Crippen LogP contribution in [-0.4, -0.2) is 51.7 Å². The van der Waals surface area contributed by atoms with Gasteiger partial charge >= 0.3 is 0 Å². The Hall–Kier alpha value is -1.30. The van der Waals surface area contributed by atoms with Gasteiger partial charge in [-0.1, -0.05) is 0 Å². The van der Waals surface area contributed by atoms with E-state index in [4.69, 9.17) is 20.3 Å². The number of hydrogen-bond donors (Lipinski definition) is 2. The zero-order chi connectivity index (χ0) is 13.2. The highest BCUT2D eigenvalue weighted by molar-refractivity contribution is 5.53. The molecule has 0 atom stereocenters. The summed E-state index contributed by atoms with van der Waals surface area (Å²) in [5, 5.41) is 9.07. The Morgan fingerprint density at radius 2 is 1.83 bits per heavy atom. The molecule has 0 saturated heterocycles. The Kier molecular flexibility index (Phi) is 7.17. The molecule has 0 aliphatic heterocycles. The summed E-state index contributed by atoms with van der Waals surface area (Å²) in [6, 6.07) is 7.59. The lowest BCUT2D eigenvalue weighted by Crippen LogP contribution is -2.30. The van der Waals surface area contributed by atoms with Gasteiger partial charge < -0.3 is 25.2 Å². The molecule has 3 N–H and O–H groups in total. The molecule has 5 nitrogen and oxygen atoms in total. The number of rotatable bonds is 9. The summed E-state index contributed by atoms with van der Waals surface area (Å²) < 4.78 is 10.3. The third kappa shape index (κ3) is 5.35. The largest absolute Gasteiger partial charge is 0.399 e. The number of aliphatic hydroxyl groups is 1. The van der Waals surface area contributed by atoms with E-state index in [0.717, 1.165) is 17.9 Å². The maximum Gasteiger partial charge on any atom is 0.0701 e. The van der Waals surface area contributed by atoms with Gasteiger partial charge in [0.05, 0.1) is 26.4 Å². The predicted octanol–water partition coefficient (Wildman–Crippen LogP) is 0.730. The van der Waals surface area contributed by atoms with Crippen molar-refractivity contribution in [2.45, 2.75) is 0 Å². The van der Waals surface area contributed by atoms with Crippen LogP contribution in [0.15, 0.2) is 24.3 Å². The minimum Gasteiger partial charge on any atom is -0.399 e. The Bertz CT molecular complexity index is 317. The molecule has 0 unspecified atom stereocenters. The molecule has 0 heterocycles. The fourth-order valence-corrected chi connectivity index (χ4v) is 1.59. The number of nitrogens with two attached hydrogens (primary N) is 1. The molecule has 0 saturated carbocycles. The molecule has 0 bridgehead atoms. The van der Waals surface area contributed by atoms with Crippen molar-refractivity contribution >= 4 is 11.4 Å². The third-order valence-corrected chi connectivity index (χ3v) is 2.57. The minimum absolute atomic E-state index is 0.114. The van der Waals surface area contributed by atoms with Gasteiger partial charge in [-0.2, -0.15) is 0 Å². The Morgan fingerprint density at radius 3 is 2.44 bits per heavy atom. The van der Waals surface area contributed by atoms with Crippen molar-refractivity contribution in [3.05, 3.63) is 24.3 Å². The molecule has 18 heavy (non-hydrogen) atoms. The highest BCUT2D eigenvalue weighted by Crippen LogP contribution is 2.15. The van der Waals surface area contributed by atoms with E-state index >= 15 is 0 Å². The van der Waals surface area contributed by atoms with Gasteiger partial charge in [0.15, 0.2) is 0 Å². The first-order chi connectivity index (χ1) is 8.77. The summed E-state index contributed by atoms with van der Waals surface area (Å²) in [7, 11) is 1.65. The number of anilines is 2. The number of hydrogen-bond acceptors (Lipinski definition) is 5. The maximum absolute atomic E-state index is 9.07. The van der Waals surface area contributed by atoms with E-state index < -0.39 is 0 Å². The van der Waals surface area contributed by atoms with Gasteiger partial charge in [0.25, 0.3) is 0 Å². The van der Waals surface area contributed by atoms with Crippen LogP contribution >= 0.6 is 0 Å². The average molecular weight is 254 g/mol. The molecule has 1 aromatic rings. The molecular weight excluding hydrogens is 232 g/mol. The lowest BCUT2D eigenvalue weighted by Gasteiger charge is -2.24. The van der Waals surface area contributed by atoms with Crippen LogP contribution in [0.1, 0.15) is 0 Å². The standard InChI is InChI=1S/C13H22N2O3/c1-17-10-11-18-9-7-15(6-8-16)13-4-2-12(14)3-5-13/h2-5,16H,6-11,14H2,1H3. The van der Waals surface area contributed by atoms with Gasteiger partial charge in [0.2, 0.25) is 0 Å². The second-order valence-corrected chi connectivity index (χ2v) is 3.91. The maximum atomic E-state index is 9.07. The molecule has 5 heteroatoms. The molecule has 0 aliphatic carbocycles. The van der Waals surface area contributed by atoms with E-state index in [1.807, 2.05) is 24.3 Å². The Morgan fingerprint density at radius 1 is 1.11 bits per heavy atom. The van der Waals surface area contributed by atoms with E-state index in [0.29, 0.717) is 26.4 Å². The van der Waals surface area contributed by atoms with E-state index in [1.54, 1.807) is 7.11 Å². The predicted molar refractivity (Wildman–Crippen MR) is 72.8 cm³/mol. The number of aliphatic hydroxyl groups excluding tert-OH is 1. The molecule has 0 aromatic heterocycles. The molecule has 1 rings (SSSR count). The van der Waals surface area contributed by atoms with Crippen molar-refractivity contribution in [1.82, 2.24) is 0 Å². The number of nitrogen functional groups attached to an aromatic ring is 1. The van der Waals surface area contributed by atoms with Crippen LogP contribution in [-0.2, 0) is 9.47 Å². The van der Waals surface area contributed by atoms with Gasteiger partial charge in [0.1, 0.15) is 0 Å². The Labute approximate surface area is 108 Å². The highest BCUT2D eigenvalue weighted by Gasteiger charge is 2.05.